The molecular weight excluding hydrogens is 749 g/mol. The van der Waals surface area contributed by atoms with Crippen molar-refractivity contribution < 1.29 is 46.7 Å². The SMILES string of the molecule is CCCCCN1C=Nc2cccc3nc4c(c1c23)Cn1c-4cc2c(c1=O)COC(=O)[C@@]2(CC)OC(=O)CC[C@H](NC(=O)[C@H](N)CC(C)C)C(=O)O.CS(=O)(=O)O. The van der Waals surface area contributed by atoms with Gasteiger partial charge in [0.2, 0.25) is 11.5 Å². The number of fused-ring (bicyclic) bond motifs is 5. The van der Waals surface area contributed by atoms with Gasteiger partial charge in [-0.1, -0.05) is 46.6 Å². The highest BCUT2D eigenvalue weighted by Gasteiger charge is 2.50. The molecule has 6 rings (SSSR count). The number of aliphatic carboxylic acids is 1. The number of carboxylic acid groups (broad SMARTS) is 1. The number of rotatable bonds is 14. The summed E-state index contributed by atoms with van der Waals surface area (Å²) >= 11 is 0. The quantitative estimate of drug-likeness (QED) is 0.0810. The number of amides is 1. The standard InChI is InChI=1S/C37H44N6O8.CH4O3S/c1-5-7-8-14-42-19-39-25-10-9-11-26-30(25)32(42)21-17-43-28(31(21)40-26)16-23-22(34(43)46)18-50-36(49)37(23,6-2)51-29(44)13-12-27(35(47)48)41-33(45)24(38)15-20(3)4;1-5(2,3)4/h9-11,16,19-20,24,27H,5-8,12-15,17-18,38H2,1-4H3,(H,41,45)(H,47,48);1H3,(H,2,3,4)/t24-,27+,37+;/m1./s1. The Hall–Kier alpha value is -5.20. The Morgan fingerprint density at radius 3 is 2.50 bits per heavy atom. The number of nitrogens with one attached hydrogen (secondary N) is 1. The molecule has 0 bridgehead atoms. The van der Waals surface area contributed by atoms with Gasteiger partial charge in [-0.25, -0.2) is 19.6 Å². The zero-order chi connectivity index (χ0) is 41.1. The number of hydrogen-bond donors (Lipinski definition) is 4. The van der Waals surface area contributed by atoms with Gasteiger partial charge >= 0.3 is 17.9 Å². The van der Waals surface area contributed by atoms with Crippen LogP contribution in [0.3, 0.4) is 0 Å². The average molecular weight is 797 g/mol. The van der Waals surface area contributed by atoms with Crippen LogP contribution in [0.4, 0.5) is 11.4 Å². The van der Waals surface area contributed by atoms with Crippen LogP contribution in [-0.4, -0.2) is 82.7 Å². The van der Waals surface area contributed by atoms with E-state index in [1.54, 1.807) is 17.6 Å². The summed E-state index contributed by atoms with van der Waals surface area (Å²) in [6, 6.07) is 5.11. The molecule has 18 heteroatoms. The van der Waals surface area contributed by atoms with Crippen LogP contribution >= 0.6 is 0 Å². The van der Waals surface area contributed by atoms with Gasteiger partial charge in [-0.3, -0.25) is 18.9 Å². The van der Waals surface area contributed by atoms with E-state index in [1.165, 1.54) is 0 Å². The van der Waals surface area contributed by atoms with Gasteiger partial charge in [0.25, 0.3) is 15.7 Å². The van der Waals surface area contributed by atoms with E-state index < -0.39 is 58.0 Å². The number of anilines is 1. The van der Waals surface area contributed by atoms with Gasteiger partial charge in [-0.2, -0.15) is 8.42 Å². The van der Waals surface area contributed by atoms with Crippen LogP contribution in [0.1, 0.15) is 89.3 Å². The van der Waals surface area contributed by atoms with Crippen molar-refractivity contribution in [3.8, 4) is 11.4 Å². The monoisotopic (exact) mass is 796 g/mol. The minimum Gasteiger partial charge on any atom is -0.480 e. The van der Waals surface area contributed by atoms with Crippen molar-refractivity contribution in [2.75, 3.05) is 17.7 Å². The van der Waals surface area contributed by atoms with E-state index in [4.69, 9.17) is 29.7 Å². The molecule has 1 amide bonds. The molecule has 5 N–H and O–H groups in total. The lowest BCUT2D eigenvalue weighted by atomic mass is 9.85. The van der Waals surface area contributed by atoms with Gasteiger partial charge < -0.3 is 35.1 Å². The number of hydrogen-bond acceptors (Lipinski definition) is 13. The molecule has 5 heterocycles. The Morgan fingerprint density at radius 2 is 1.86 bits per heavy atom. The molecule has 3 atom stereocenters. The number of nitrogens with two attached hydrogens (primary N) is 1. The predicted octanol–water partition coefficient (Wildman–Crippen LogP) is 3.53. The van der Waals surface area contributed by atoms with Gasteiger partial charge in [-0.05, 0) is 49.8 Å². The summed E-state index contributed by atoms with van der Waals surface area (Å²) in [6.45, 7) is 8.26. The van der Waals surface area contributed by atoms with E-state index in [0.717, 1.165) is 53.6 Å². The lowest BCUT2D eigenvalue weighted by Gasteiger charge is -2.35. The third kappa shape index (κ3) is 8.76. The molecule has 0 spiro atoms. The molecule has 17 nitrogen and oxygen atoms in total. The molecule has 0 unspecified atom stereocenters. The number of ether oxygens (including phenoxy) is 2. The second kappa shape index (κ2) is 16.9. The summed E-state index contributed by atoms with van der Waals surface area (Å²) in [7, 11) is -3.67. The van der Waals surface area contributed by atoms with Crippen LogP contribution in [0, 0.1) is 5.92 Å². The molecule has 3 aliphatic rings. The maximum absolute atomic E-state index is 14.2. The number of benzene rings is 1. The molecular formula is C38H48N6O11S. The second-order valence-electron chi connectivity index (χ2n) is 14.6. The summed E-state index contributed by atoms with van der Waals surface area (Å²) < 4.78 is 38.8. The molecule has 3 aliphatic heterocycles. The predicted molar refractivity (Wildman–Crippen MR) is 207 cm³/mol. The average Bonchev–Trinajstić information content (AvgIpc) is 3.49. The molecule has 0 fully saturated rings. The van der Waals surface area contributed by atoms with Crippen molar-refractivity contribution in [1.29, 1.82) is 0 Å². The number of carboxylic acids is 1. The smallest absolute Gasteiger partial charge is 0.355 e. The third-order valence-electron chi connectivity index (χ3n) is 9.86. The van der Waals surface area contributed by atoms with E-state index in [-0.39, 0.29) is 48.6 Å². The zero-order valence-electron chi connectivity index (χ0n) is 32.0. The Bertz CT molecular complexity index is 2250. The number of carbonyl (C=O) groups is 4. The first-order chi connectivity index (χ1) is 26.4. The maximum Gasteiger partial charge on any atom is 0.355 e. The Labute approximate surface area is 324 Å². The van der Waals surface area contributed by atoms with Crippen molar-refractivity contribution in [3.63, 3.8) is 0 Å². The molecule has 2 aromatic heterocycles. The van der Waals surface area contributed by atoms with Gasteiger partial charge in [0.1, 0.15) is 12.6 Å². The lowest BCUT2D eigenvalue weighted by molar-refractivity contribution is -0.189. The van der Waals surface area contributed by atoms with E-state index in [9.17, 15) is 37.5 Å². The van der Waals surface area contributed by atoms with Crippen LogP contribution in [0.2, 0.25) is 0 Å². The summed E-state index contributed by atoms with van der Waals surface area (Å²) in [6.07, 6.45) is 5.17. The summed E-state index contributed by atoms with van der Waals surface area (Å²) in [4.78, 5) is 77.4. The maximum atomic E-state index is 14.2. The molecule has 302 valence electrons. The van der Waals surface area contributed by atoms with Crippen LogP contribution in [0.15, 0.2) is 34.1 Å². The number of unbranched alkanes of at least 4 members (excludes halogenated alkanes) is 2. The van der Waals surface area contributed by atoms with Crippen LogP contribution in [0.5, 0.6) is 0 Å². The first-order valence-corrected chi connectivity index (χ1v) is 20.4. The van der Waals surface area contributed by atoms with Gasteiger partial charge in [-0.15, -0.1) is 0 Å². The number of nitrogens with zero attached hydrogens (tertiary/aromatic N) is 4. The van der Waals surface area contributed by atoms with Crippen LogP contribution in [-0.2, 0) is 57.5 Å². The number of aromatic nitrogens is 2. The van der Waals surface area contributed by atoms with Crippen molar-refractivity contribution in [3.05, 3.63) is 51.3 Å². The number of pyridine rings is 2. The van der Waals surface area contributed by atoms with Crippen molar-refractivity contribution in [2.24, 2.45) is 16.6 Å². The minimum absolute atomic E-state index is 0.0507. The zero-order valence-corrected chi connectivity index (χ0v) is 32.8. The number of aliphatic imine (C=N–C) groups is 1. The van der Waals surface area contributed by atoms with Crippen LogP contribution < -0.4 is 21.5 Å². The Morgan fingerprint density at radius 1 is 1.14 bits per heavy atom. The van der Waals surface area contributed by atoms with Crippen molar-refractivity contribution >= 4 is 62.5 Å². The van der Waals surface area contributed by atoms with Gasteiger partial charge in [0.05, 0.1) is 64.4 Å². The van der Waals surface area contributed by atoms with Crippen molar-refractivity contribution in [1.82, 2.24) is 14.9 Å². The molecule has 0 radical (unpaired) electrons. The van der Waals surface area contributed by atoms with Crippen molar-refractivity contribution in [2.45, 2.75) is 103 Å². The Balaban J connectivity index is 0.00000113. The first-order valence-electron chi connectivity index (χ1n) is 18.5. The lowest BCUT2D eigenvalue weighted by Crippen LogP contribution is -2.49. The van der Waals surface area contributed by atoms with E-state index in [0.29, 0.717) is 24.1 Å². The normalized spacial score (nSPS) is 17.6. The summed E-state index contributed by atoms with van der Waals surface area (Å²) in [5, 5.41) is 13.1. The molecule has 0 saturated heterocycles. The topological polar surface area (TPSA) is 250 Å². The fraction of sp³-hybridized carbons (Fsp3) is 0.500. The molecule has 1 aromatic carbocycles. The molecule has 3 aromatic rings. The minimum atomic E-state index is -3.67. The molecule has 0 saturated carbocycles. The molecule has 0 aliphatic carbocycles. The van der Waals surface area contributed by atoms with Gasteiger partial charge in [0.15, 0.2) is 0 Å². The highest BCUT2D eigenvalue weighted by atomic mass is 32.2. The Kier molecular flexibility index (Phi) is 12.7. The fourth-order valence-electron chi connectivity index (χ4n) is 7.22. The summed E-state index contributed by atoms with van der Waals surface area (Å²) in [5.41, 5.74) is 8.39. The number of cyclic esters (lactones) is 1. The highest BCUT2D eigenvalue weighted by molar-refractivity contribution is 7.85. The van der Waals surface area contributed by atoms with E-state index in [1.807, 2.05) is 38.4 Å². The fourth-order valence-corrected chi connectivity index (χ4v) is 7.22. The van der Waals surface area contributed by atoms with Gasteiger partial charge in [0, 0.05) is 24.1 Å². The molecule has 56 heavy (non-hydrogen) atoms. The van der Waals surface area contributed by atoms with Crippen LogP contribution in [0.25, 0.3) is 22.3 Å². The highest BCUT2D eigenvalue weighted by Crippen LogP contribution is 2.47. The van der Waals surface area contributed by atoms with E-state index >= 15 is 0 Å². The summed E-state index contributed by atoms with van der Waals surface area (Å²) in [5.74, 6) is -3.59. The second-order valence-corrected chi connectivity index (χ2v) is 16.0. The first kappa shape index (κ1) is 42.0. The third-order valence-corrected chi connectivity index (χ3v) is 9.86. The number of carbonyl (C=O) groups excluding carboxylic acids is 3. The number of esters is 2. The largest absolute Gasteiger partial charge is 0.480 e. The van der Waals surface area contributed by atoms with E-state index in [2.05, 4.69) is 17.1 Å².